The molecule has 0 aliphatic rings. The molecule has 0 radical (unpaired) electrons. The van der Waals surface area contributed by atoms with E-state index in [2.05, 4.69) is 15.6 Å². The Morgan fingerprint density at radius 2 is 1.82 bits per heavy atom. The molecule has 0 unspecified atom stereocenters. The Labute approximate surface area is 187 Å². The lowest BCUT2D eigenvalue weighted by Crippen LogP contribution is -2.36. The number of rotatable bonds is 7. The average molecular weight is 540 g/mol. The van der Waals surface area contributed by atoms with Crippen molar-refractivity contribution in [1.82, 2.24) is 10.6 Å². The number of nitrogens with one attached hydrogen (secondary N) is 2. The molecule has 0 saturated carbocycles. The zero-order valence-electron chi connectivity index (χ0n) is 15.7. The first kappa shape index (κ1) is 24.6. The van der Waals surface area contributed by atoms with Gasteiger partial charge in [-0.2, -0.15) is 0 Å². The molecule has 5 nitrogen and oxygen atoms in total. The van der Waals surface area contributed by atoms with Crippen molar-refractivity contribution in [1.29, 1.82) is 0 Å². The lowest BCUT2D eigenvalue weighted by atomic mass is 10.1. The van der Waals surface area contributed by atoms with Crippen LogP contribution < -0.4 is 10.6 Å². The molecule has 0 aromatic heterocycles. The average Bonchev–Trinajstić information content (AvgIpc) is 2.59. The van der Waals surface area contributed by atoms with Gasteiger partial charge < -0.3 is 10.6 Å². The van der Waals surface area contributed by atoms with E-state index < -0.39 is 15.7 Å². The van der Waals surface area contributed by atoms with Crippen molar-refractivity contribution in [2.24, 2.45) is 4.99 Å². The minimum atomic E-state index is -3.23. The summed E-state index contributed by atoms with van der Waals surface area (Å²) in [6.45, 7) is 3.21. The van der Waals surface area contributed by atoms with Crippen molar-refractivity contribution in [3.05, 3.63) is 70.0 Å². The number of halogens is 3. The van der Waals surface area contributed by atoms with Crippen molar-refractivity contribution in [3.63, 3.8) is 0 Å². The highest BCUT2D eigenvalue weighted by Gasteiger charge is 2.11. The van der Waals surface area contributed by atoms with Crippen molar-refractivity contribution in [2.75, 3.05) is 12.8 Å². The van der Waals surface area contributed by atoms with Crippen LogP contribution in [-0.2, 0) is 28.7 Å². The van der Waals surface area contributed by atoms with Crippen LogP contribution >= 0.6 is 35.6 Å². The van der Waals surface area contributed by atoms with Gasteiger partial charge in [0.15, 0.2) is 15.8 Å². The molecule has 2 rings (SSSR count). The van der Waals surface area contributed by atoms with Crippen LogP contribution in [0.15, 0.2) is 47.5 Å². The number of aliphatic imine (C=N–C) groups is 1. The molecule has 154 valence electrons. The molecule has 0 amide bonds. The quantitative estimate of drug-likeness (QED) is 0.318. The van der Waals surface area contributed by atoms with Crippen molar-refractivity contribution >= 4 is 51.4 Å². The Bertz CT molecular complexity index is 923. The van der Waals surface area contributed by atoms with Crippen LogP contribution in [0.3, 0.4) is 0 Å². The number of guanidine groups is 1. The van der Waals surface area contributed by atoms with Gasteiger partial charge in [0.1, 0.15) is 5.82 Å². The van der Waals surface area contributed by atoms with Crippen LogP contribution in [0.5, 0.6) is 0 Å². The maximum absolute atomic E-state index is 13.6. The molecule has 0 heterocycles. The van der Waals surface area contributed by atoms with Gasteiger partial charge in [-0.1, -0.05) is 35.9 Å². The van der Waals surface area contributed by atoms with E-state index in [4.69, 9.17) is 11.6 Å². The van der Waals surface area contributed by atoms with Crippen LogP contribution in [0.1, 0.15) is 23.6 Å². The molecule has 0 spiro atoms. The van der Waals surface area contributed by atoms with Crippen LogP contribution in [-0.4, -0.2) is 27.2 Å². The summed E-state index contributed by atoms with van der Waals surface area (Å²) in [5.74, 6) is -0.0414. The van der Waals surface area contributed by atoms with E-state index in [-0.39, 0.29) is 36.3 Å². The maximum atomic E-state index is 13.6. The van der Waals surface area contributed by atoms with Crippen molar-refractivity contribution in [3.8, 4) is 0 Å². The summed E-state index contributed by atoms with van der Waals surface area (Å²) < 4.78 is 36.8. The van der Waals surface area contributed by atoms with Gasteiger partial charge >= 0.3 is 0 Å². The highest BCUT2D eigenvalue weighted by molar-refractivity contribution is 14.0. The molecule has 28 heavy (non-hydrogen) atoms. The highest BCUT2D eigenvalue weighted by Crippen LogP contribution is 2.16. The summed E-state index contributed by atoms with van der Waals surface area (Å²) in [6.07, 6.45) is 1.15. The second-order valence-corrected chi connectivity index (χ2v) is 8.67. The van der Waals surface area contributed by atoms with E-state index in [9.17, 15) is 12.8 Å². The number of benzene rings is 2. The van der Waals surface area contributed by atoms with Crippen molar-refractivity contribution < 1.29 is 12.8 Å². The first-order valence-corrected chi connectivity index (χ1v) is 10.9. The molecule has 0 aliphatic carbocycles. The molecule has 2 N–H and O–H groups in total. The Hall–Kier alpha value is -1.39. The van der Waals surface area contributed by atoms with E-state index in [0.717, 1.165) is 11.8 Å². The lowest BCUT2D eigenvalue weighted by molar-refractivity contribution is 0.600. The summed E-state index contributed by atoms with van der Waals surface area (Å²) in [6, 6.07) is 11.6. The Balaban J connectivity index is 0.00000392. The Morgan fingerprint density at radius 1 is 1.11 bits per heavy atom. The van der Waals surface area contributed by atoms with Crippen LogP contribution in [0.4, 0.5) is 4.39 Å². The lowest BCUT2D eigenvalue weighted by Gasteiger charge is -2.13. The van der Waals surface area contributed by atoms with E-state index in [1.54, 1.807) is 0 Å². The fourth-order valence-corrected chi connectivity index (χ4v) is 3.54. The number of hydrogen-bond donors (Lipinski definition) is 2. The number of hydrogen-bond acceptors (Lipinski definition) is 3. The van der Waals surface area contributed by atoms with Gasteiger partial charge in [0.2, 0.25) is 0 Å². The van der Waals surface area contributed by atoms with Gasteiger partial charge in [-0.25, -0.2) is 17.8 Å². The predicted molar refractivity (Wildman–Crippen MR) is 123 cm³/mol. The zero-order chi connectivity index (χ0) is 19.9. The summed E-state index contributed by atoms with van der Waals surface area (Å²) in [4.78, 5) is 4.45. The second-order valence-electron chi connectivity index (χ2n) is 6.12. The van der Waals surface area contributed by atoms with Crippen LogP contribution in [0.2, 0.25) is 5.02 Å². The zero-order valence-corrected chi connectivity index (χ0v) is 19.6. The molecule has 2 aromatic carbocycles. The standard InChI is InChI=1S/C19H23ClFN3O2S.HI/c1-3-22-19(23-11-14-6-4-5-7-18(14)20)24-12-16-10-17(21)9-8-15(16)13-27(2,25)26;/h4-10H,3,11-13H2,1-2H3,(H2,22,23,24);1H. The van der Waals surface area contributed by atoms with Gasteiger partial charge in [-0.15, -0.1) is 24.0 Å². The normalized spacial score (nSPS) is 11.6. The second kappa shape index (κ2) is 11.6. The van der Waals surface area contributed by atoms with Crippen LogP contribution in [0, 0.1) is 5.82 Å². The smallest absolute Gasteiger partial charge is 0.191 e. The molecule has 9 heteroatoms. The third-order valence-electron chi connectivity index (χ3n) is 3.74. The fraction of sp³-hybridized carbons (Fsp3) is 0.316. The SMILES string of the molecule is CCNC(=NCc1cc(F)ccc1CS(C)(=O)=O)NCc1ccccc1Cl.I. The molecule has 0 bridgehead atoms. The maximum Gasteiger partial charge on any atom is 0.191 e. The van der Waals surface area contributed by atoms with Gasteiger partial charge in [0.25, 0.3) is 0 Å². The fourth-order valence-electron chi connectivity index (χ4n) is 2.49. The minimum Gasteiger partial charge on any atom is -0.357 e. The molecule has 0 fully saturated rings. The van der Waals surface area contributed by atoms with Crippen LogP contribution in [0.25, 0.3) is 0 Å². The molecule has 0 aliphatic heterocycles. The monoisotopic (exact) mass is 539 g/mol. The van der Waals surface area contributed by atoms with E-state index in [1.807, 2.05) is 31.2 Å². The van der Waals surface area contributed by atoms with Gasteiger partial charge in [0, 0.05) is 24.4 Å². The number of sulfone groups is 1. The largest absolute Gasteiger partial charge is 0.357 e. The summed E-state index contributed by atoms with van der Waals surface area (Å²) in [7, 11) is -3.23. The molecule has 2 aromatic rings. The van der Waals surface area contributed by atoms with E-state index in [0.29, 0.717) is 35.2 Å². The Kier molecular flexibility index (Phi) is 10.2. The molecular formula is C19H24ClFIN3O2S. The predicted octanol–water partition coefficient (Wildman–Crippen LogP) is 3.90. The van der Waals surface area contributed by atoms with Crippen molar-refractivity contribution in [2.45, 2.75) is 25.8 Å². The summed E-state index contributed by atoms with van der Waals surface area (Å²) in [5, 5.41) is 6.94. The molecular weight excluding hydrogens is 516 g/mol. The summed E-state index contributed by atoms with van der Waals surface area (Å²) >= 11 is 6.16. The first-order chi connectivity index (χ1) is 12.8. The van der Waals surface area contributed by atoms with E-state index >= 15 is 0 Å². The van der Waals surface area contributed by atoms with E-state index in [1.165, 1.54) is 18.2 Å². The van der Waals surface area contributed by atoms with Gasteiger partial charge in [-0.3, -0.25) is 0 Å². The first-order valence-electron chi connectivity index (χ1n) is 8.49. The topological polar surface area (TPSA) is 70.6 Å². The molecule has 0 saturated heterocycles. The minimum absolute atomic E-state index is 0. The Morgan fingerprint density at radius 3 is 2.46 bits per heavy atom. The third kappa shape index (κ3) is 8.32. The summed E-state index contributed by atoms with van der Waals surface area (Å²) in [5.41, 5.74) is 2.01. The number of nitrogens with zero attached hydrogens (tertiary/aromatic N) is 1. The molecule has 0 atom stereocenters. The van der Waals surface area contributed by atoms with Gasteiger partial charge in [0.05, 0.1) is 12.3 Å². The highest BCUT2D eigenvalue weighted by atomic mass is 127. The van der Waals surface area contributed by atoms with Gasteiger partial charge in [-0.05, 0) is 41.8 Å². The third-order valence-corrected chi connectivity index (χ3v) is 4.95.